The maximum absolute atomic E-state index is 5.49. The molecule has 0 spiro atoms. The standard InChI is InChI=1S/C11H25N3O.C2H6/c1-12-4-11-15-10-3-5-14-8-6-13(2)7-9-14;1-2/h12H,3-11H2,1-2H3;1-2H3. The first kappa shape index (κ1) is 16.8. The topological polar surface area (TPSA) is 27.7 Å². The highest BCUT2D eigenvalue weighted by molar-refractivity contribution is 4.68. The lowest BCUT2D eigenvalue weighted by Gasteiger charge is -2.32. The molecule has 1 rings (SSSR count). The summed E-state index contributed by atoms with van der Waals surface area (Å²) < 4.78 is 5.49. The summed E-state index contributed by atoms with van der Waals surface area (Å²) in [6.45, 7) is 12.7. The molecule has 0 aromatic rings. The zero-order valence-electron chi connectivity index (χ0n) is 12.2. The van der Waals surface area contributed by atoms with E-state index in [4.69, 9.17) is 4.74 Å². The van der Waals surface area contributed by atoms with Crippen LogP contribution in [0, 0.1) is 0 Å². The summed E-state index contributed by atoms with van der Waals surface area (Å²) in [7, 11) is 4.14. The summed E-state index contributed by atoms with van der Waals surface area (Å²) >= 11 is 0. The molecule has 0 aromatic carbocycles. The molecule has 1 saturated heterocycles. The molecule has 1 heterocycles. The first-order chi connectivity index (χ1) is 8.33. The average molecular weight is 245 g/mol. The lowest BCUT2D eigenvalue weighted by molar-refractivity contribution is 0.108. The number of hydrogen-bond donors (Lipinski definition) is 1. The van der Waals surface area contributed by atoms with Crippen molar-refractivity contribution in [2.24, 2.45) is 0 Å². The maximum Gasteiger partial charge on any atom is 0.0590 e. The van der Waals surface area contributed by atoms with Crippen molar-refractivity contribution in [2.45, 2.75) is 20.3 Å². The first-order valence-corrected chi connectivity index (χ1v) is 6.96. The van der Waals surface area contributed by atoms with Gasteiger partial charge in [0.2, 0.25) is 0 Å². The van der Waals surface area contributed by atoms with E-state index in [0.717, 1.165) is 26.2 Å². The molecule has 0 aromatic heterocycles. The van der Waals surface area contributed by atoms with Crippen molar-refractivity contribution in [1.29, 1.82) is 0 Å². The predicted molar refractivity (Wildman–Crippen MR) is 74.6 cm³/mol. The van der Waals surface area contributed by atoms with Gasteiger partial charge in [-0.3, -0.25) is 0 Å². The van der Waals surface area contributed by atoms with Crippen LogP contribution in [0.3, 0.4) is 0 Å². The Morgan fingerprint density at radius 1 is 1.06 bits per heavy atom. The molecule has 1 N–H and O–H groups in total. The Hall–Kier alpha value is -0.160. The Kier molecular flexibility index (Phi) is 12.2. The molecule has 0 radical (unpaired) electrons. The van der Waals surface area contributed by atoms with Gasteiger partial charge in [-0.1, -0.05) is 13.8 Å². The second kappa shape index (κ2) is 12.3. The molecule has 1 aliphatic rings. The van der Waals surface area contributed by atoms with E-state index < -0.39 is 0 Å². The average Bonchev–Trinajstić information content (AvgIpc) is 2.38. The van der Waals surface area contributed by atoms with Crippen LogP contribution < -0.4 is 5.32 Å². The summed E-state index contributed by atoms with van der Waals surface area (Å²) in [5.74, 6) is 0. The smallest absolute Gasteiger partial charge is 0.0590 e. The van der Waals surface area contributed by atoms with Crippen LogP contribution in [0.4, 0.5) is 0 Å². The molecule has 1 aliphatic heterocycles. The number of nitrogens with one attached hydrogen (secondary N) is 1. The minimum absolute atomic E-state index is 0.833. The fourth-order valence-electron chi connectivity index (χ4n) is 1.74. The molecule has 0 atom stereocenters. The van der Waals surface area contributed by atoms with E-state index >= 15 is 0 Å². The van der Waals surface area contributed by atoms with Gasteiger partial charge in [-0.2, -0.15) is 0 Å². The lowest BCUT2D eigenvalue weighted by atomic mass is 10.3. The number of ether oxygens (including phenoxy) is 1. The van der Waals surface area contributed by atoms with Crippen LogP contribution in [0.25, 0.3) is 0 Å². The van der Waals surface area contributed by atoms with Crippen LogP contribution in [0.5, 0.6) is 0 Å². The van der Waals surface area contributed by atoms with Gasteiger partial charge in [0.05, 0.1) is 6.61 Å². The van der Waals surface area contributed by atoms with E-state index in [1.54, 1.807) is 0 Å². The molecule has 0 saturated carbocycles. The Morgan fingerprint density at radius 2 is 1.71 bits per heavy atom. The van der Waals surface area contributed by atoms with Crippen molar-refractivity contribution >= 4 is 0 Å². The fourth-order valence-corrected chi connectivity index (χ4v) is 1.74. The van der Waals surface area contributed by atoms with E-state index in [1.165, 1.54) is 32.7 Å². The molecule has 0 bridgehead atoms. The molecular weight excluding hydrogens is 214 g/mol. The number of rotatable bonds is 7. The first-order valence-electron chi connectivity index (χ1n) is 6.96. The largest absolute Gasteiger partial charge is 0.380 e. The zero-order chi connectivity index (χ0) is 12.9. The van der Waals surface area contributed by atoms with Gasteiger partial charge >= 0.3 is 0 Å². The Labute approximate surface area is 107 Å². The molecular formula is C13H31N3O. The van der Waals surface area contributed by atoms with Gasteiger partial charge in [-0.05, 0) is 20.5 Å². The normalized spacial score (nSPS) is 17.6. The summed E-state index contributed by atoms with van der Waals surface area (Å²) in [5.41, 5.74) is 0. The van der Waals surface area contributed by atoms with E-state index in [9.17, 15) is 0 Å². The minimum Gasteiger partial charge on any atom is -0.380 e. The predicted octanol–water partition coefficient (Wildman–Crippen LogP) is 0.886. The number of hydrogen-bond acceptors (Lipinski definition) is 4. The highest BCUT2D eigenvalue weighted by atomic mass is 16.5. The van der Waals surface area contributed by atoms with Crippen LogP contribution in [0.1, 0.15) is 20.3 Å². The molecule has 104 valence electrons. The fraction of sp³-hybridized carbons (Fsp3) is 1.00. The number of piperazine rings is 1. The van der Waals surface area contributed by atoms with Crippen molar-refractivity contribution in [2.75, 3.05) is 66.6 Å². The number of likely N-dealkylation sites (N-methyl/N-ethyl adjacent to an activating group) is 2. The SMILES string of the molecule is CC.CNCCOCCCN1CCN(C)CC1. The third kappa shape index (κ3) is 9.53. The van der Waals surface area contributed by atoms with E-state index in [0.29, 0.717) is 0 Å². The van der Waals surface area contributed by atoms with Crippen molar-refractivity contribution in [3.8, 4) is 0 Å². The van der Waals surface area contributed by atoms with E-state index in [2.05, 4.69) is 22.2 Å². The second-order valence-corrected chi connectivity index (χ2v) is 4.21. The zero-order valence-corrected chi connectivity index (χ0v) is 12.2. The van der Waals surface area contributed by atoms with Gasteiger partial charge < -0.3 is 19.9 Å². The van der Waals surface area contributed by atoms with Crippen LogP contribution in [-0.2, 0) is 4.74 Å². The van der Waals surface area contributed by atoms with Crippen LogP contribution in [0.15, 0.2) is 0 Å². The molecule has 0 amide bonds. The van der Waals surface area contributed by atoms with Gasteiger partial charge in [-0.25, -0.2) is 0 Å². The van der Waals surface area contributed by atoms with Gasteiger partial charge in [0.25, 0.3) is 0 Å². The summed E-state index contributed by atoms with van der Waals surface area (Å²) in [4.78, 5) is 4.92. The highest BCUT2D eigenvalue weighted by Crippen LogP contribution is 1.99. The lowest BCUT2D eigenvalue weighted by Crippen LogP contribution is -2.44. The summed E-state index contributed by atoms with van der Waals surface area (Å²) in [5, 5.41) is 3.07. The van der Waals surface area contributed by atoms with Crippen molar-refractivity contribution < 1.29 is 4.74 Å². The van der Waals surface area contributed by atoms with Gasteiger partial charge in [0.1, 0.15) is 0 Å². The number of nitrogens with zero attached hydrogens (tertiary/aromatic N) is 2. The minimum atomic E-state index is 0.833. The summed E-state index contributed by atoms with van der Waals surface area (Å²) in [6.07, 6.45) is 1.16. The van der Waals surface area contributed by atoms with Crippen molar-refractivity contribution in [3.63, 3.8) is 0 Å². The molecule has 4 nitrogen and oxygen atoms in total. The van der Waals surface area contributed by atoms with Gasteiger partial charge in [0.15, 0.2) is 0 Å². The molecule has 0 unspecified atom stereocenters. The molecule has 1 fully saturated rings. The third-order valence-corrected chi connectivity index (χ3v) is 2.86. The van der Waals surface area contributed by atoms with E-state index in [-0.39, 0.29) is 0 Å². The van der Waals surface area contributed by atoms with Crippen LogP contribution >= 0.6 is 0 Å². The van der Waals surface area contributed by atoms with Crippen LogP contribution in [-0.4, -0.2) is 76.4 Å². The second-order valence-electron chi connectivity index (χ2n) is 4.21. The van der Waals surface area contributed by atoms with Crippen molar-refractivity contribution in [3.05, 3.63) is 0 Å². The van der Waals surface area contributed by atoms with Gasteiger partial charge in [-0.15, -0.1) is 0 Å². The molecule has 17 heavy (non-hydrogen) atoms. The quantitative estimate of drug-likeness (QED) is 0.674. The third-order valence-electron chi connectivity index (χ3n) is 2.86. The van der Waals surface area contributed by atoms with Gasteiger partial charge in [0, 0.05) is 45.9 Å². The van der Waals surface area contributed by atoms with E-state index in [1.807, 2.05) is 20.9 Å². The van der Waals surface area contributed by atoms with Crippen molar-refractivity contribution in [1.82, 2.24) is 15.1 Å². The molecule has 0 aliphatic carbocycles. The Balaban J connectivity index is 0.00000121. The van der Waals surface area contributed by atoms with Crippen LogP contribution in [0.2, 0.25) is 0 Å². The maximum atomic E-state index is 5.49. The summed E-state index contributed by atoms with van der Waals surface area (Å²) in [6, 6.07) is 0. The highest BCUT2D eigenvalue weighted by Gasteiger charge is 2.12. The Bertz CT molecular complexity index is 148. The molecule has 4 heteroatoms. The Morgan fingerprint density at radius 3 is 2.29 bits per heavy atom. The monoisotopic (exact) mass is 245 g/mol.